The quantitative estimate of drug-likeness (QED) is 0.921. The van der Waals surface area contributed by atoms with E-state index in [4.69, 9.17) is 5.73 Å². The number of benzene rings is 1. The van der Waals surface area contributed by atoms with Gasteiger partial charge in [-0.2, -0.15) is 0 Å². The van der Waals surface area contributed by atoms with E-state index in [1.54, 1.807) is 6.07 Å². The minimum absolute atomic E-state index is 0.103. The van der Waals surface area contributed by atoms with Gasteiger partial charge in [0.1, 0.15) is 0 Å². The first-order chi connectivity index (χ1) is 9.29. The van der Waals surface area contributed by atoms with Gasteiger partial charge < -0.3 is 5.73 Å². The van der Waals surface area contributed by atoms with Crippen LogP contribution in [0.1, 0.15) is 25.5 Å². The van der Waals surface area contributed by atoms with Crippen LogP contribution in [0.4, 0.5) is 8.78 Å². The van der Waals surface area contributed by atoms with Crippen molar-refractivity contribution in [2.75, 3.05) is 33.2 Å². The molecule has 0 aliphatic carbocycles. The Hall–Kier alpha value is -1.04. The average Bonchev–Trinajstić information content (AvgIpc) is 2.36. The summed E-state index contributed by atoms with van der Waals surface area (Å²) in [5.74, 6) is -1.67. The molecule has 1 aromatic carbocycles. The number of nitrogens with zero attached hydrogens (tertiary/aromatic N) is 2. The zero-order chi connectivity index (χ0) is 14.9. The third kappa shape index (κ3) is 3.34. The van der Waals surface area contributed by atoms with E-state index in [0.29, 0.717) is 12.1 Å². The smallest absolute Gasteiger partial charge is 0.159 e. The van der Waals surface area contributed by atoms with Crippen molar-refractivity contribution in [1.29, 1.82) is 0 Å². The molecule has 5 heteroatoms. The number of nitrogens with two attached hydrogens (primary N) is 1. The van der Waals surface area contributed by atoms with Crippen LogP contribution in [0.3, 0.4) is 0 Å². The molecule has 0 amide bonds. The van der Waals surface area contributed by atoms with Crippen molar-refractivity contribution in [1.82, 2.24) is 9.80 Å². The van der Waals surface area contributed by atoms with Gasteiger partial charge in [-0.25, -0.2) is 8.78 Å². The Balaban J connectivity index is 2.01. The molecule has 0 aromatic heterocycles. The summed E-state index contributed by atoms with van der Waals surface area (Å²) in [4.78, 5) is 4.61. The van der Waals surface area contributed by atoms with E-state index in [9.17, 15) is 8.78 Å². The summed E-state index contributed by atoms with van der Waals surface area (Å²) in [6.45, 7) is 7.89. The van der Waals surface area contributed by atoms with Crippen molar-refractivity contribution in [3.63, 3.8) is 0 Å². The van der Waals surface area contributed by atoms with Crippen LogP contribution in [0.5, 0.6) is 0 Å². The van der Waals surface area contributed by atoms with E-state index in [0.717, 1.165) is 25.7 Å². The molecule has 1 heterocycles. The molecule has 1 atom stereocenters. The van der Waals surface area contributed by atoms with E-state index in [-0.39, 0.29) is 11.6 Å². The van der Waals surface area contributed by atoms with Crippen LogP contribution in [0, 0.1) is 11.6 Å². The average molecular weight is 283 g/mol. The van der Waals surface area contributed by atoms with Gasteiger partial charge in [0, 0.05) is 37.8 Å². The second kappa shape index (κ2) is 5.76. The Morgan fingerprint density at radius 2 is 1.95 bits per heavy atom. The molecule has 0 radical (unpaired) electrons. The highest BCUT2D eigenvalue weighted by molar-refractivity contribution is 5.21. The topological polar surface area (TPSA) is 32.5 Å². The summed E-state index contributed by atoms with van der Waals surface area (Å²) >= 11 is 0. The highest BCUT2D eigenvalue weighted by Crippen LogP contribution is 2.21. The molecule has 112 valence electrons. The highest BCUT2D eigenvalue weighted by atomic mass is 19.2. The zero-order valence-electron chi connectivity index (χ0n) is 12.4. The number of halogens is 2. The van der Waals surface area contributed by atoms with Crippen molar-refractivity contribution in [2.45, 2.75) is 25.4 Å². The van der Waals surface area contributed by atoms with Gasteiger partial charge in [-0.1, -0.05) is 6.07 Å². The molecule has 1 unspecified atom stereocenters. The molecule has 2 N–H and O–H groups in total. The second-order valence-corrected chi connectivity index (χ2v) is 6.25. The number of likely N-dealkylation sites (N-methyl/N-ethyl adjacent to an activating group) is 1. The summed E-state index contributed by atoms with van der Waals surface area (Å²) in [6.07, 6.45) is 0. The molecule has 0 saturated carbocycles. The molecule has 0 spiro atoms. The number of rotatable bonds is 3. The molecule has 3 nitrogen and oxygen atoms in total. The molecule has 20 heavy (non-hydrogen) atoms. The summed E-state index contributed by atoms with van der Waals surface area (Å²) < 4.78 is 26.2. The minimum Gasteiger partial charge on any atom is -0.323 e. The number of hydrogen-bond acceptors (Lipinski definition) is 3. The monoisotopic (exact) mass is 283 g/mol. The fraction of sp³-hybridized carbons (Fsp3) is 0.600. The van der Waals surface area contributed by atoms with Crippen LogP contribution >= 0.6 is 0 Å². The van der Waals surface area contributed by atoms with Gasteiger partial charge in [0.15, 0.2) is 11.6 Å². The Morgan fingerprint density at radius 3 is 2.55 bits per heavy atom. The Morgan fingerprint density at radius 1 is 1.25 bits per heavy atom. The highest BCUT2D eigenvalue weighted by Gasteiger charge is 2.31. The molecule has 0 bridgehead atoms. The maximum absolute atomic E-state index is 13.2. The van der Waals surface area contributed by atoms with E-state index in [1.165, 1.54) is 6.07 Å². The van der Waals surface area contributed by atoms with Crippen molar-refractivity contribution < 1.29 is 8.78 Å². The maximum Gasteiger partial charge on any atom is 0.159 e. The molecule has 1 aliphatic heterocycles. The SMILES string of the molecule is CN1CCN(CC(N)c2ccc(F)c(F)c2)CC1(C)C. The molecule has 2 rings (SSSR count). The first-order valence-electron chi connectivity index (χ1n) is 6.94. The summed E-state index contributed by atoms with van der Waals surface area (Å²) in [5, 5.41) is 0. The maximum atomic E-state index is 13.2. The lowest BCUT2D eigenvalue weighted by atomic mass is 9.98. The number of piperazine rings is 1. The van der Waals surface area contributed by atoms with Crippen molar-refractivity contribution in [3.05, 3.63) is 35.4 Å². The van der Waals surface area contributed by atoms with Crippen molar-refractivity contribution in [3.8, 4) is 0 Å². The lowest BCUT2D eigenvalue weighted by Crippen LogP contribution is -2.58. The lowest BCUT2D eigenvalue weighted by Gasteiger charge is -2.46. The van der Waals surface area contributed by atoms with Crippen LogP contribution < -0.4 is 5.73 Å². The molecular formula is C15H23F2N3. The summed E-state index contributed by atoms with van der Waals surface area (Å²) in [7, 11) is 2.12. The predicted molar refractivity (Wildman–Crippen MR) is 76.4 cm³/mol. The minimum atomic E-state index is -0.836. The fourth-order valence-electron chi connectivity index (χ4n) is 2.62. The van der Waals surface area contributed by atoms with Gasteiger partial charge in [0.05, 0.1) is 0 Å². The van der Waals surface area contributed by atoms with Crippen LogP contribution in [0.2, 0.25) is 0 Å². The third-order valence-corrected chi connectivity index (χ3v) is 4.22. The van der Waals surface area contributed by atoms with E-state index < -0.39 is 11.6 Å². The Kier molecular flexibility index (Phi) is 4.42. The van der Waals surface area contributed by atoms with Gasteiger partial charge >= 0.3 is 0 Å². The molecular weight excluding hydrogens is 260 g/mol. The fourth-order valence-corrected chi connectivity index (χ4v) is 2.62. The van der Waals surface area contributed by atoms with Gasteiger partial charge in [0.25, 0.3) is 0 Å². The lowest BCUT2D eigenvalue weighted by molar-refractivity contribution is 0.0371. The number of hydrogen-bond donors (Lipinski definition) is 1. The largest absolute Gasteiger partial charge is 0.323 e. The second-order valence-electron chi connectivity index (χ2n) is 6.25. The van der Waals surface area contributed by atoms with Crippen LogP contribution in [-0.2, 0) is 0 Å². The van der Waals surface area contributed by atoms with Gasteiger partial charge in [-0.15, -0.1) is 0 Å². The first-order valence-corrected chi connectivity index (χ1v) is 6.94. The molecule has 1 saturated heterocycles. The van der Waals surface area contributed by atoms with Crippen molar-refractivity contribution >= 4 is 0 Å². The molecule has 1 fully saturated rings. The van der Waals surface area contributed by atoms with E-state index >= 15 is 0 Å². The van der Waals surface area contributed by atoms with Gasteiger partial charge in [0.2, 0.25) is 0 Å². The van der Waals surface area contributed by atoms with Crippen LogP contribution in [0.25, 0.3) is 0 Å². The summed E-state index contributed by atoms with van der Waals surface area (Å²) in [6, 6.07) is 3.59. The van der Waals surface area contributed by atoms with E-state index in [2.05, 4.69) is 30.7 Å². The standard InChI is InChI=1S/C15H23F2N3/c1-15(2)10-20(7-6-19(15)3)9-14(18)11-4-5-12(16)13(17)8-11/h4-5,8,14H,6-7,9-10,18H2,1-3H3. The molecule has 1 aromatic rings. The van der Waals surface area contributed by atoms with E-state index in [1.807, 2.05) is 0 Å². The van der Waals surface area contributed by atoms with Crippen LogP contribution in [0.15, 0.2) is 18.2 Å². The van der Waals surface area contributed by atoms with Crippen LogP contribution in [-0.4, -0.2) is 48.6 Å². The van der Waals surface area contributed by atoms with Crippen molar-refractivity contribution in [2.24, 2.45) is 5.73 Å². The normalized spacial score (nSPS) is 21.9. The van der Waals surface area contributed by atoms with Gasteiger partial charge in [-0.05, 0) is 38.6 Å². The first kappa shape index (κ1) is 15.4. The molecule has 1 aliphatic rings. The Labute approximate surface area is 119 Å². The third-order valence-electron chi connectivity index (χ3n) is 4.22. The zero-order valence-corrected chi connectivity index (χ0v) is 12.4. The Bertz CT molecular complexity index is 476. The van der Waals surface area contributed by atoms with Gasteiger partial charge in [-0.3, -0.25) is 9.80 Å². The predicted octanol–water partition coefficient (Wildman–Crippen LogP) is 1.99. The summed E-state index contributed by atoms with van der Waals surface area (Å²) in [5.41, 5.74) is 6.87.